The molecule has 0 unspecified atom stereocenters. The molecule has 0 spiro atoms. The third-order valence-corrected chi connectivity index (χ3v) is 4.06. The molecule has 1 heterocycles. The lowest BCUT2D eigenvalue weighted by Crippen LogP contribution is -2.50. The Kier molecular flexibility index (Phi) is 5.51. The Balaban J connectivity index is 1.80. The molecule has 1 aliphatic heterocycles. The maximum atomic E-state index is 12.2. The highest BCUT2D eigenvalue weighted by Gasteiger charge is 2.35. The summed E-state index contributed by atoms with van der Waals surface area (Å²) in [5.74, 6) is -0.927. The van der Waals surface area contributed by atoms with E-state index < -0.39 is 5.79 Å². The lowest BCUT2D eigenvalue weighted by atomic mass is 10.0. The van der Waals surface area contributed by atoms with E-state index in [0.29, 0.717) is 31.5 Å². The lowest BCUT2D eigenvalue weighted by molar-refractivity contribution is -0.228. The van der Waals surface area contributed by atoms with E-state index >= 15 is 0 Å². The lowest BCUT2D eigenvalue weighted by Gasteiger charge is -2.39. The van der Waals surface area contributed by atoms with Gasteiger partial charge in [0.05, 0.1) is 6.54 Å². The highest BCUT2D eigenvalue weighted by Crippen LogP contribution is 2.26. The molecule has 0 atom stereocenters. The Bertz CT molecular complexity index is 504. The van der Waals surface area contributed by atoms with Crippen LogP contribution in [0.5, 0.6) is 0 Å². The molecular weight excluding hydrogens is 284 g/mol. The monoisotopic (exact) mass is 306 g/mol. The fraction of sp³-hybridized carbons (Fsp3) is 0.500. The van der Waals surface area contributed by atoms with Crippen LogP contribution in [0.3, 0.4) is 0 Å². The third kappa shape index (κ3) is 3.84. The summed E-state index contributed by atoms with van der Waals surface area (Å²) in [4.78, 5) is 25.8. The number of carbonyl (C=O) groups excluding carboxylic acids is 2. The van der Waals surface area contributed by atoms with Crippen LogP contribution in [0.25, 0.3) is 0 Å². The molecule has 6 nitrogen and oxygen atoms in total. The number of nitrogens with one attached hydrogen (secondary N) is 1. The first-order valence-electron chi connectivity index (χ1n) is 7.31. The van der Waals surface area contributed by atoms with Crippen molar-refractivity contribution in [3.8, 4) is 0 Å². The van der Waals surface area contributed by atoms with Gasteiger partial charge in [-0.05, 0) is 12.1 Å². The molecule has 1 aromatic carbocycles. The Labute approximate surface area is 130 Å². The van der Waals surface area contributed by atoms with E-state index in [1.165, 1.54) is 0 Å². The molecule has 1 N–H and O–H groups in total. The fourth-order valence-electron chi connectivity index (χ4n) is 2.55. The number of nitrogens with zero attached hydrogens (tertiary/aromatic N) is 1. The van der Waals surface area contributed by atoms with Gasteiger partial charge >= 0.3 is 0 Å². The van der Waals surface area contributed by atoms with Crippen LogP contribution in [0.4, 0.5) is 0 Å². The van der Waals surface area contributed by atoms with Crippen LogP contribution in [-0.4, -0.2) is 56.4 Å². The number of amides is 2. The molecule has 1 aromatic rings. The van der Waals surface area contributed by atoms with Crippen molar-refractivity contribution in [2.45, 2.75) is 18.6 Å². The Morgan fingerprint density at radius 2 is 1.73 bits per heavy atom. The molecule has 0 bridgehead atoms. The van der Waals surface area contributed by atoms with Gasteiger partial charge in [-0.15, -0.1) is 0 Å². The zero-order valence-electron chi connectivity index (χ0n) is 13.0. The topological polar surface area (TPSA) is 67.9 Å². The first kappa shape index (κ1) is 16.5. The van der Waals surface area contributed by atoms with Crippen molar-refractivity contribution in [1.82, 2.24) is 10.2 Å². The van der Waals surface area contributed by atoms with Crippen molar-refractivity contribution in [3.63, 3.8) is 0 Å². The zero-order chi connectivity index (χ0) is 16.0. The summed E-state index contributed by atoms with van der Waals surface area (Å²) >= 11 is 0. The van der Waals surface area contributed by atoms with Crippen molar-refractivity contribution in [2.24, 2.45) is 0 Å². The van der Waals surface area contributed by atoms with Crippen molar-refractivity contribution in [3.05, 3.63) is 35.9 Å². The molecule has 22 heavy (non-hydrogen) atoms. The summed E-state index contributed by atoms with van der Waals surface area (Å²) in [6.45, 7) is 1.12. The van der Waals surface area contributed by atoms with E-state index in [-0.39, 0.29) is 18.4 Å². The van der Waals surface area contributed by atoms with E-state index in [9.17, 15) is 9.59 Å². The van der Waals surface area contributed by atoms with Gasteiger partial charge < -0.3 is 19.7 Å². The highest BCUT2D eigenvalue weighted by atomic mass is 16.7. The van der Waals surface area contributed by atoms with Crippen LogP contribution in [0.2, 0.25) is 0 Å². The quantitative estimate of drug-likeness (QED) is 0.825. The van der Waals surface area contributed by atoms with E-state index in [0.717, 1.165) is 0 Å². The number of hydrogen-bond donors (Lipinski definition) is 1. The highest BCUT2D eigenvalue weighted by molar-refractivity contribution is 5.96. The summed E-state index contributed by atoms with van der Waals surface area (Å²) < 4.78 is 10.8. The summed E-state index contributed by atoms with van der Waals surface area (Å²) in [6, 6.07) is 8.85. The maximum Gasteiger partial charge on any atom is 0.251 e. The van der Waals surface area contributed by atoms with Gasteiger partial charge in [-0.2, -0.15) is 0 Å². The minimum Gasteiger partial charge on any atom is -0.353 e. The van der Waals surface area contributed by atoms with Gasteiger partial charge in [0.15, 0.2) is 5.79 Å². The molecule has 0 radical (unpaired) electrons. The van der Waals surface area contributed by atoms with Crippen molar-refractivity contribution in [2.75, 3.05) is 33.9 Å². The Morgan fingerprint density at radius 1 is 1.14 bits per heavy atom. The second-order valence-electron chi connectivity index (χ2n) is 5.25. The SMILES string of the molecule is COC1(OC)CCN(C(=O)CNC(=O)c2ccccc2)CC1. The van der Waals surface area contributed by atoms with Crippen LogP contribution < -0.4 is 5.32 Å². The largest absolute Gasteiger partial charge is 0.353 e. The van der Waals surface area contributed by atoms with Crippen molar-refractivity contribution in [1.29, 1.82) is 0 Å². The van der Waals surface area contributed by atoms with Crippen LogP contribution in [-0.2, 0) is 14.3 Å². The van der Waals surface area contributed by atoms with Gasteiger partial charge in [0.2, 0.25) is 5.91 Å². The van der Waals surface area contributed by atoms with Gasteiger partial charge in [0.25, 0.3) is 5.91 Å². The van der Waals surface area contributed by atoms with Gasteiger partial charge in [-0.1, -0.05) is 18.2 Å². The van der Waals surface area contributed by atoms with Gasteiger partial charge in [-0.3, -0.25) is 9.59 Å². The predicted octanol–water partition coefficient (Wildman–Crippen LogP) is 1.03. The van der Waals surface area contributed by atoms with Gasteiger partial charge in [0.1, 0.15) is 0 Å². The molecular formula is C16H22N2O4. The number of methoxy groups -OCH3 is 2. The summed E-state index contributed by atoms with van der Waals surface area (Å²) in [6.07, 6.45) is 1.25. The third-order valence-electron chi connectivity index (χ3n) is 4.06. The standard InChI is InChI=1S/C16H22N2O4/c1-21-16(22-2)8-10-18(11-9-16)14(19)12-17-15(20)13-6-4-3-5-7-13/h3-7H,8-12H2,1-2H3,(H,17,20). The Hall–Kier alpha value is -1.92. The average Bonchev–Trinajstić information content (AvgIpc) is 2.60. The van der Waals surface area contributed by atoms with E-state index in [1.54, 1.807) is 43.4 Å². The first-order valence-corrected chi connectivity index (χ1v) is 7.31. The maximum absolute atomic E-state index is 12.2. The minimum absolute atomic E-state index is 0.000686. The second kappa shape index (κ2) is 7.38. The van der Waals surface area contributed by atoms with Crippen LogP contribution >= 0.6 is 0 Å². The Morgan fingerprint density at radius 3 is 2.27 bits per heavy atom. The van der Waals surface area contributed by atoms with Crippen LogP contribution in [0, 0.1) is 0 Å². The number of piperidine rings is 1. The molecule has 2 amide bonds. The molecule has 0 aliphatic carbocycles. The van der Waals surface area contributed by atoms with E-state index in [2.05, 4.69) is 5.32 Å². The zero-order valence-corrected chi connectivity index (χ0v) is 13.0. The fourth-order valence-corrected chi connectivity index (χ4v) is 2.55. The van der Waals surface area contributed by atoms with Gasteiger partial charge in [-0.25, -0.2) is 0 Å². The molecule has 1 aliphatic rings. The van der Waals surface area contributed by atoms with E-state index in [1.807, 2.05) is 6.07 Å². The molecule has 2 rings (SSSR count). The van der Waals surface area contributed by atoms with Gasteiger partial charge in [0, 0.05) is 45.7 Å². The molecule has 0 aromatic heterocycles. The summed E-state index contributed by atoms with van der Waals surface area (Å²) in [7, 11) is 3.22. The number of likely N-dealkylation sites (tertiary alicyclic amines) is 1. The normalized spacial score (nSPS) is 17.1. The van der Waals surface area contributed by atoms with Crippen molar-refractivity contribution >= 4 is 11.8 Å². The molecule has 120 valence electrons. The average molecular weight is 306 g/mol. The van der Waals surface area contributed by atoms with E-state index in [4.69, 9.17) is 9.47 Å². The molecule has 0 saturated carbocycles. The predicted molar refractivity (Wildman–Crippen MR) is 81.3 cm³/mol. The first-order chi connectivity index (χ1) is 10.6. The second-order valence-corrected chi connectivity index (χ2v) is 5.25. The number of rotatable bonds is 5. The summed E-state index contributed by atoms with van der Waals surface area (Å²) in [5.41, 5.74) is 0.548. The van der Waals surface area contributed by atoms with Crippen molar-refractivity contribution < 1.29 is 19.1 Å². The number of hydrogen-bond acceptors (Lipinski definition) is 4. The molecule has 1 saturated heterocycles. The minimum atomic E-state index is -0.593. The number of carbonyl (C=O) groups is 2. The van der Waals surface area contributed by atoms with Crippen LogP contribution in [0.1, 0.15) is 23.2 Å². The molecule has 6 heteroatoms. The van der Waals surface area contributed by atoms with Crippen LogP contribution in [0.15, 0.2) is 30.3 Å². The number of benzene rings is 1. The molecule has 1 fully saturated rings. The smallest absolute Gasteiger partial charge is 0.251 e. The summed E-state index contributed by atoms with van der Waals surface area (Å²) in [5, 5.41) is 2.65. The number of ether oxygens (including phenoxy) is 2.